The number of methoxy groups -OCH3 is 1. The van der Waals surface area contributed by atoms with Gasteiger partial charge >= 0.3 is 5.97 Å². The summed E-state index contributed by atoms with van der Waals surface area (Å²) in [7, 11) is 1.42. The molecule has 0 amide bonds. The van der Waals surface area contributed by atoms with E-state index in [0.29, 0.717) is 6.61 Å². The molecule has 1 fully saturated rings. The highest BCUT2D eigenvalue weighted by molar-refractivity contribution is 5.82. The van der Waals surface area contributed by atoms with E-state index < -0.39 is 17.7 Å². The standard InChI is InChI=1S/C40H49N3O5/c1-26-15-16-33-31(22-26)29-13-11-14-30(24-29)32-25-43-34(41-32)23-27(2)35(36(38(44)45-8)48-39(4,5)6)37(43)42-19-17-40(7,18-20-42)46-21-10-9-12-28(3)47-33/h9-11,13-16,22-25,28,36H,12,17-21H2,1-8H3/b10-9+/t28-,36-/m0/s1. The normalized spacial score (nSPS) is 21.4. The fourth-order valence-electron chi connectivity index (χ4n) is 6.74. The van der Waals surface area contributed by atoms with Crippen LogP contribution in [0.2, 0.25) is 0 Å². The Bertz CT molecular complexity index is 1830. The molecular formula is C40H49N3O5. The van der Waals surface area contributed by atoms with Crippen LogP contribution in [-0.2, 0) is 19.0 Å². The van der Waals surface area contributed by atoms with Crippen molar-refractivity contribution in [2.24, 2.45) is 0 Å². The van der Waals surface area contributed by atoms with Crippen molar-refractivity contribution in [1.82, 2.24) is 9.38 Å². The Morgan fingerprint density at radius 3 is 2.52 bits per heavy atom. The average molecular weight is 652 g/mol. The third kappa shape index (κ3) is 7.15. The Balaban J connectivity index is 1.55. The first-order valence-electron chi connectivity index (χ1n) is 17.0. The molecule has 0 unspecified atom stereocenters. The van der Waals surface area contributed by atoms with E-state index in [4.69, 9.17) is 23.9 Å². The van der Waals surface area contributed by atoms with Gasteiger partial charge in [0.25, 0.3) is 0 Å². The van der Waals surface area contributed by atoms with Gasteiger partial charge in [-0.1, -0.05) is 42.0 Å². The summed E-state index contributed by atoms with van der Waals surface area (Å²) in [5.74, 6) is 1.33. The minimum absolute atomic E-state index is 0.000634. The minimum Gasteiger partial charge on any atom is -0.490 e. The van der Waals surface area contributed by atoms with Crippen molar-refractivity contribution in [3.63, 3.8) is 0 Å². The van der Waals surface area contributed by atoms with E-state index in [1.54, 1.807) is 0 Å². The molecule has 0 saturated carbocycles. The van der Waals surface area contributed by atoms with E-state index in [2.05, 4.69) is 90.9 Å². The summed E-state index contributed by atoms with van der Waals surface area (Å²) in [5, 5.41) is 0. The fourth-order valence-corrected chi connectivity index (χ4v) is 6.74. The molecule has 8 nitrogen and oxygen atoms in total. The van der Waals surface area contributed by atoms with Crippen molar-refractivity contribution in [1.29, 1.82) is 0 Å². The number of piperidine rings is 1. The minimum atomic E-state index is -0.911. The average Bonchev–Trinajstić information content (AvgIpc) is 3.47. The van der Waals surface area contributed by atoms with Crippen LogP contribution in [0.25, 0.3) is 28.0 Å². The van der Waals surface area contributed by atoms with Crippen molar-refractivity contribution in [2.45, 2.75) is 91.1 Å². The van der Waals surface area contributed by atoms with Gasteiger partial charge in [-0.2, -0.15) is 0 Å². The monoisotopic (exact) mass is 651 g/mol. The van der Waals surface area contributed by atoms with Crippen LogP contribution in [0.5, 0.6) is 5.75 Å². The number of pyridine rings is 1. The lowest BCUT2D eigenvalue weighted by molar-refractivity contribution is -0.164. The molecule has 4 aromatic rings. The van der Waals surface area contributed by atoms with Gasteiger partial charge in [0, 0.05) is 42.4 Å². The lowest BCUT2D eigenvalue weighted by atomic mass is 9.92. The van der Waals surface area contributed by atoms with Gasteiger partial charge in [-0.15, -0.1) is 0 Å². The van der Waals surface area contributed by atoms with Crippen molar-refractivity contribution in [2.75, 3.05) is 31.7 Å². The van der Waals surface area contributed by atoms with Crippen LogP contribution >= 0.6 is 0 Å². The number of hydrogen-bond donors (Lipinski definition) is 0. The number of aromatic nitrogens is 2. The van der Waals surface area contributed by atoms with Gasteiger partial charge in [0.15, 0.2) is 6.10 Å². The summed E-state index contributed by atoms with van der Waals surface area (Å²) in [6.45, 7) is 16.4. The van der Waals surface area contributed by atoms with Gasteiger partial charge in [-0.3, -0.25) is 4.40 Å². The molecule has 0 N–H and O–H groups in total. The zero-order valence-corrected chi connectivity index (χ0v) is 29.6. The number of rotatable bonds is 3. The maximum atomic E-state index is 13.4. The molecule has 5 heterocycles. The molecule has 8 heteroatoms. The second-order valence-electron chi connectivity index (χ2n) is 14.5. The molecule has 3 aliphatic rings. The number of carbonyl (C=O) groups excluding carboxylic acids is 1. The van der Waals surface area contributed by atoms with Crippen LogP contribution in [0.1, 0.15) is 76.7 Å². The molecule has 3 aliphatic heterocycles. The summed E-state index contributed by atoms with van der Waals surface area (Å²) < 4.78 is 26.9. The van der Waals surface area contributed by atoms with Crippen LogP contribution in [0.3, 0.4) is 0 Å². The highest BCUT2D eigenvalue weighted by atomic mass is 16.6. The largest absolute Gasteiger partial charge is 0.490 e. The predicted octanol–water partition coefficient (Wildman–Crippen LogP) is 8.42. The predicted molar refractivity (Wildman–Crippen MR) is 191 cm³/mol. The maximum Gasteiger partial charge on any atom is 0.339 e. The van der Waals surface area contributed by atoms with Crippen LogP contribution in [0, 0.1) is 13.8 Å². The number of aryl methyl sites for hydroxylation is 2. The van der Waals surface area contributed by atoms with Crippen LogP contribution in [0.15, 0.2) is 66.9 Å². The summed E-state index contributed by atoms with van der Waals surface area (Å²) in [4.78, 5) is 21.0. The van der Waals surface area contributed by atoms with Crippen molar-refractivity contribution in [3.8, 4) is 28.1 Å². The molecule has 2 atom stereocenters. The highest BCUT2D eigenvalue weighted by Gasteiger charge is 2.37. The second kappa shape index (κ2) is 13.4. The quantitative estimate of drug-likeness (QED) is 0.163. The summed E-state index contributed by atoms with van der Waals surface area (Å²) >= 11 is 0. The third-order valence-electron chi connectivity index (χ3n) is 9.34. The van der Waals surface area contributed by atoms with Gasteiger partial charge in [-0.25, -0.2) is 9.78 Å². The van der Waals surface area contributed by atoms with Crippen molar-refractivity contribution >= 4 is 17.4 Å². The van der Waals surface area contributed by atoms with Crippen LogP contribution < -0.4 is 9.64 Å². The molecule has 254 valence electrons. The lowest BCUT2D eigenvalue weighted by Crippen LogP contribution is -2.45. The Kier molecular flexibility index (Phi) is 9.42. The Morgan fingerprint density at radius 2 is 1.79 bits per heavy atom. The zero-order chi connectivity index (χ0) is 34.2. The number of esters is 1. The number of imidazole rings is 1. The molecule has 7 rings (SSSR count). The van der Waals surface area contributed by atoms with E-state index in [1.807, 2.05) is 33.8 Å². The molecule has 2 aromatic heterocycles. The van der Waals surface area contributed by atoms with Gasteiger partial charge in [-0.05, 0) is 96.7 Å². The first kappa shape index (κ1) is 33.7. The zero-order valence-electron chi connectivity index (χ0n) is 29.6. The van der Waals surface area contributed by atoms with Crippen LogP contribution in [0.4, 0.5) is 5.82 Å². The molecule has 48 heavy (non-hydrogen) atoms. The molecular weight excluding hydrogens is 602 g/mol. The van der Waals surface area contributed by atoms with Crippen molar-refractivity contribution in [3.05, 3.63) is 83.6 Å². The molecule has 1 saturated heterocycles. The molecule has 0 spiro atoms. The van der Waals surface area contributed by atoms with Crippen molar-refractivity contribution < 1.29 is 23.7 Å². The first-order valence-corrected chi connectivity index (χ1v) is 17.0. The molecule has 0 aliphatic carbocycles. The number of hydrogen-bond acceptors (Lipinski definition) is 7. The Morgan fingerprint density at radius 1 is 1.04 bits per heavy atom. The number of anilines is 1. The number of benzene rings is 2. The van der Waals surface area contributed by atoms with Gasteiger partial charge in [0.1, 0.15) is 17.2 Å². The van der Waals surface area contributed by atoms with Crippen LogP contribution in [-0.4, -0.2) is 59.5 Å². The summed E-state index contributed by atoms with van der Waals surface area (Å²) in [6.07, 6.45) is 7.88. The Labute approximate surface area is 284 Å². The second-order valence-corrected chi connectivity index (χ2v) is 14.5. The lowest BCUT2D eigenvalue weighted by Gasteiger charge is -2.41. The summed E-state index contributed by atoms with van der Waals surface area (Å²) in [6, 6.07) is 16.9. The maximum absolute atomic E-state index is 13.4. The smallest absolute Gasteiger partial charge is 0.339 e. The SMILES string of the molecule is COC(=O)[C@@H](OC(C)(C)C)c1c(C)cc2nc3cn2c1N1CCC(C)(CC1)OC/C=C/C[C@H](C)Oc1ccc(C)cc1-c1cccc-3c1. The van der Waals surface area contributed by atoms with E-state index >= 15 is 0 Å². The van der Waals surface area contributed by atoms with E-state index in [9.17, 15) is 4.79 Å². The van der Waals surface area contributed by atoms with Gasteiger partial charge in [0.05, 0.1) is 36.7 Å². The van der Waals surface area contributed by atoms with Gasteiger partial charge in [0.2, 0.25) is 0 Å². The molecule has 2 aromatic carbocycles. The number of carbonyl (C=O) groups is 1. The number of ether oxygens (including phenoxy) is 4. The Hall–Kier alpha value is -4.14. The van der Waals surface area contributed by atoms with E-state index in [0.717, 1.165) is 88.6 Å². The molecule has 0 radical (unpaired) electrons. The van der Waals surface area contributed by atoms with Gasteiger partial charge < -0.3 is 23.8 Å². The fraction of sp³-hybridized carbons (Fsp3) is 0.450. The first-order chi connectivity index (χ1) is 22.8. The highest BCUT2D eigenvalue weighted by Crippen LogP contribution is 2.40. The van der Waals surface area contributed by atoms with E-state index in [1.165, 1.54) is 7.11 Å². The topological polar surface area (TPSA) is 74.5 Å². The summed E-state index contributed by atoms with van der Waals surface area (Å²) in [5.41, 5.74) is 6.78. The molecule has 6 bridgehead atoms. The number of nitrogens with zero attached hydrogens (tertiary/aromatic N) is 3. The van der Waals surface area contributed by atoms with E-state index in [-0.39, 0.29) is 11.7 Å². The third-order valence-corrected chi connectivity index (χ3v) is 9.34. The number of fused-ring (bicyclic) bond motifs is 7.